The maximum absolute atomic E-state index is 12.8. The van der Waals surface area contributed by atoms with Gasteiger partial charge in [-0.05, 0) is 91.1 Å². The highest BCUT2D eigenvalue weighted by Gasteiger charge is 2.32. The summed E-state index contributed by atoms with van der Waals surface area (Å²) in [4.78, 5) is 18.9. The summed E-state index contributed by atoms with van der Waals surface area (Å²) in [6.07, 6.45) is 14.8. The second-order valence-corrected chi connectivity index (χ2v) is 9.06. The lowest BCUT2D eigenvalue weighted by Gasteiger charge is -2.37. The van der Waals surface area contributed by atoms with Gasteiger partial charge >= 0.3 is 0 Å². The molecule has 2 aromatic rings. The highest BCUT2D eigenvalue weighted by Crippen LogP contribution is 2.42. The van der Waals surface area contributed by atoms with Crippen molar-refractivity contribution in [3.05, 3.63) is 88.4 Å². The summed E-state index contributed by atoms with van der Waals surface area (Å²) >= 11 is 6.31. The van der Waals surface area contributed by atoms with Gasteiger partial charge in [-0.2, -0.15) is 0 Å². The molecule has 4 rings (SSSR count). The van der Waals surface area contributed by atoms with Crippen LogP contribution in [-0.4, -0.2) is 28.9 Å². The van der Waals surface area contributed by atoms with E-state index >= 15 is 0 Å². The van der Waals surface area contributed by atoms with E-state index in [1.165, 1.54) is 16.7 Å². The molecule has 0 bridgehead atoms. The Hall–Kier alpha value is -2.59. The van der Waals surface area contributed by atoms with E-state index in [2.05, 4.69) is 23.2 Å². The van der Waals surface area contributed by atoms with Gasteiger partial charge in [-0.1, -0.05) is 35.4 Å². The van der Waals surface area contributed by atoms with Gasteiger partial charge in [0.1, 0.15) is 0 Å². The first-order valence-corrected chi connectivity index (χ1v) is 11.5. The number of pyridine rings is 1. The minimum atomic E-state index is 0.202. The predicted molar refractivity (Wildman–Crippen MR) is 126 cm³/mol. The van der Waals surface area contributed by atoms with Crippen LogP contribution in [0.25, 0.3) is 0 Å². The molecule has 2 heterocycles. The van der Waals surface area contributed by atoms with E-state index in [9.17, 15) is 4.79 Å². The number of piperidine rings is 1. The van der Waals surface area contributed by atoms with Crippen molar-refractivity contribution < 1.29 is 4.79 Å². The number of likely N-dealkylation sites (tertiary alicyclic amines) is 1. The average Bonchev–Trinajstić information content (AvgIpc) is 2.97. The third kappa shape index (κ3) is 5.37. The Morgan fingerprint density at radius 3 is 2.81 bits per heavy atom. The summed E-state index contributed by atoms with van der Waals surface area (Å²) in [5.74, 6) is 1.22. The van der Waals surface area contributed by atoms with Gasteiger partial charge in [0.05, 0.1) is 6.42 Å². The van der Waals surface area contributed by atoms with E-state index in [0.29, 0.717) is 18.3 Å². The Kier molecular flexibility index (Phi) is 7.08. The Morgan fingerprint density at radius 2 is 2.06 bits per heavy atom. The van der Waals surface area contributed by atoms with E-state index in [4.69, 9.17) is 17.3 Å². The lowest BCUT2D eigenvalue weighted by atomic mass is 9.76. The topological polar surface area (TPSA) is 59.2 Å². The molecule has 1 atom stereocenters. The average molecular weight is 436 g/mol. The zero-order valence-corrected chi connectivity index (χ0v) is 18.6. The summed E-state index contributed by atoms with van der Waals surface area (Å²) in [7, 11) is 0. The second kappa shape index (κ2) is 10.1. The molecule has 1 aliphatic heterocycles. The number of allylic oxidation sites excluding steroid dienone is 3. The molecule has 1 unspecified atom stereocenters. The fraction of sp³-hybridized carbons (Fsp3) is 0.385. The summed E-state index contributed by atoms with van der Waals surface area (Å²) in [6.45, 7) is 1.65. The number of carbonyl (C=O) groups is 1. The second-order valence-electron chi connectivity index (χ2n) is 8.62. The molecule has 1 amide bonds. The first-order valence-electron chi connectivity index (χ1n) is 11.2. The number of benzene rings is 1. The summed E-state index contributed by atoms with van der Waals surface area (Å²) in [5, 5.41) is 0.808. The van der Waals surface area contributed by atoms with Crippen molar-refractivity contribution in [2.45, 2.75) is 44.4 Å². The number of hydrogen-bond donors (Lipinski definition) is 1. The molecule has 1 fully saturated rings. The summed E-state index contributed by atoms with van der Waals surface area (Å²) < 4.78 is 0. The normalized spacial score (nSPS) is 21.3. The smallest absolute Gasteiger partial charge is 0.227 e. The van der Waals surface area contributed by atoms with Crippen molar-refractivity contribution in [2.75, 3.05) is 13.1 Å². The lowest BCUT2D eigenvalue weighted by Crippen LogP contribution is -2.40. The van der Waals surface area contributed by atoms with Gasteiger partial charge < -0.3 is 10.6 Å². The molecular formula is C26H30ClN3O. The van der Waals surface area contributed by atoms with Gasteiger partial charge in [0.15, 0.2) is 0 Å². The molecule has 1 saturated heterocycles. The van der Waals surface area contributed by atoms with Crippen molar-refractivity contribution >= 4 is 17.5 Å². The Labute approximate surface area is 189 Å². The Bertz CT molecular complexity index is 962. The number of halogens is 1. The number of nitrogens with zero attached hydrogens (tertiary/aromatic N) is 2. The fourth-order valence-corrected chi connectivity index (χ4v) is 5.24. The highest BCUT2D eigenvalue weighted by atomic mass is 35.5. The molecule has 2 aliphatic rings. The molecule has 162 valence electrons. The number of rotatable bonds is 4. The molecular weight excluding hydrogens is 406 g/mol. The molecule has 0 saturated carbocycles. The maximum Gasteiger partial charge on any atom is 0.227 e. The lowest BCUT2D eigenvalue weighted by molar-refractivity contribution is -0.131. The van der Waals surface area contributed by atoms with Gasteiger partial charge in [-0.25, -0.2) is 0 Å². The molecule has 1 aliphatic carbocycles. The zero-order valence-electron chi connectivity index (χ0n) is 17.8. The number of aryl methyl sites for hydroxylation is 1. The van der Waals surface area contributed by atoms with Crippen LogP contribution in [0.1, 0.15) is 48.3 Å². The van der Waals surface area contributed by atoms with Crippen LogP contribution in [-0.2, 0) is 17.6 Å². The van der Waals surface area contributed by atoms with Gasteiger partial charge in [0, 0.05) is 30.5 Å². The van der Waals surface area contributed by atoms with E-state index in [0.717, 1.165) is 55.8 Å². The van der Waals surface area contributed by atoms with Gasteiger partial charge in [0.25, 0.3) is 0 Å². The monoisotopic (exact) mass is 435 g/mol. The van der Waals surface area contributed by atoms with Crippen molar-refractivity contribution in [3.63, 3.8) is 0 Å². The fourth-order valence-electron chi connectivity index (χ4n) is 5.05. The van der Waals surface area contributed by atoms with E-state index < -0.39 is 0 Å². The number of nitrogens with two attached hydrogens (primary N) is 1. The van der Waals surface area contributed by atoms with Gasteiger partial charge in [-0.15, -0.1) is 0 Å². The molecule has 0 radical (unpaired) electrons. The van der Waals surface area contributed by atoms with Crippen LogP contribution >= 0.6 is 11.6 Å². The molecule has 1 aromatic heterocycles. The van der Waals surface area contributed by atoms with Crippen molar-refractivity contribution in [1.29, 1.82) is 0 Å². The van der Waals surface area contributed by atoms with Crippen molar-refractivity contribution in [3.8, 4) is 0 Å². The van der Waals surface area contributed by atoms with Gasteiger partial charge in [-0.3, -0.25) is 9.78 Å². The number of fused-ring (bicyclic) bond motifs is 1. The zero-order chi connectivity index (χ0) is 21.6. The highest BCUT2D eigenvalue weighted by molar-refractivity contribution is 6.30. The number of carbonyl (C=O) groups excluding carboxylic acids is 1. The van der Waals surface area contributed by atoms with Crippen LogP contribution in [0.5, 0.6) is 0 Å². The molecule has 31 heavy (non-hydrogen) atoms. The molecule has 1 aromatic carbocycles. The SMILES string of the molecule is N/C=C\C=C1\CCc2cc(Cl)ccc2C(C2CCN(C(=O)Cc3cccnc3)CC2)C1. The number of aromatic nitrogens is 1. The standard InChI is InChI=1S/C26H30ClN3O/c27-23-7-8-24-22(17-23)6-5-19(3-1-11-28)15-25(24)21-9-13-30(14-10-21)26(31)16-20-4-2-12-29-18-20/h1-4,7-8,11-12,17-18,21,25H,5-6,9-10,13-16,28H2/b11-1-,19-3-. The Balaban J connectivity index is 1.47. The first kappa shape index (κ1) is 21.6. The van der Waals surface area contributed by atoms with Crippen molar-refractivity contribution in [2.24, 2.45) is 11.7 Å². The van der Waals surface area contributed by atoms with Crippen LogP contribution in [0.15, 0.2) is 66.7 Å². The predicted octanol–water partition coefficient (Wildman–Crippen LogP) is 5.04. The van der Waals surface area contributed by atoms with Crippen molar-refractivity contribution in [1.82, 2.24) is 9.88 Å². The largest absolute Gasteiger partial charge is 0.405 e. The third-order valence-electron chi connectivity index (χ3n) is 6.68. The molecule has 4 nitrogen and oxygen atoms in total. The van der Waals surface area contributed by atoms with Crippen LogP contribution < -0.4 is 5.73 Å². The van der Waals surface area contributed by atoms with Crippen LogP contribution in [0.2, 0.25) is 5.02 Å². The molecule has 5 heteroatoms. The number of hydrogen-bond acceptors (Lipinski definition) is 3. The number of amides is 1. The maximum atomic E-state index is 12.8. The molecule has 0 spiro atoms. The summed E-state index contributed by atoms with van der Waals surface area (Å²) in [5.41, 5.74) is 10.8. The summed E-state index contributed by atoms with van der Waals surface area (Å²) in [6, 6.07) is 10.2. The third-order valence-corrected chi connectivity index (χ3v) is 6.92. The first-order chi connectivity index (χ1) is 15.1. The van der Waals surface area contributed by atoms with E-state index in [1.54, 1.807) is 18.6 Å². The van der Waals surface area contributed by atoms with E-state index in [1.807, 2.05) is 29.2 Å². The van der Waals surface area contributed by atoms with E-state index in [-0.39, 0.29) is 5.91 Å². The van der Waals surface area contributed by atoms with Crippen LogP contribution in [0.3, 0.4) is 0 Å². The minimum absolute atomic E-state index is 0.202. The van der Waals surface area contributed by atoms with Crippen LogP contribution in [0.4, 0.5) is 0 Å². The minimum Gasteiger partial charge on any atom is -0.405 e. The molecule has 2 N–H and O–H groups in total. The quantitative estimate of drug-likeness (QED) is 0.684. The Morgan fingerprint density at radius 1 is 1.23 bits per heavy atom. The van der Waals surface area contributed by atoms with Crippen LogP contribution in [0, 0.1) is 5.92 Å². The van der Waals surface area contributed by atoms with Gasteiger partial charge in [0.2, 0.25) is 5.91 Å².